The lowest BCUT2D eigenvalue weighted by Crippen LogP contribution is -3.15. The Kier molecular flexibility index (Phi) is 6.27. The molecule has 0 amide bonds. The molecule has 7 heteroatoms. The van der Waals surface area contributed by atoms with Gasteiger partial charge in [-0.15, -0.1) is 10.8 Å². The molecule has 0 saturated carbocycles. The predicted molar refractivity (Wildman–Crippen MR) is 35.5 cm³/mol. The Morgan fingerprint density at radius 3 is 2.36 bits per heavy atom. The molecule has 0 aromatic heterocycles. The Bertz CT molecular complexity index is 83.4. The highest BCUT2D eigenvalue weighted by molar-refractivity contribution is 4.24. The summed E-state index contributed by atoms with van der Waals surface area (Å²) in [5, 5.41) is 20.0. The average molecular weight is 167 g/mol. The third-order valence-electron chi connectivity index (χ3n) is 1.01. The van der Waals surface area contributed by atoms with Crippen molar-refractivity contribution in [1.29, 1.82) is 0 Å². The van der Waals surface area contributed by atoms with Crippen LogP contribution in [0.5, 0.6) is 0 Å². The van der Waals surface area contributed by atoms with E-state index >= 15 is 0 Å². The predicted octanol–water partition coefficient (Wildman–Crippen LogP) is -3.62. The molecule has 0 spiro atoms. The zero-order chi connectivity index (χ0) is 8.69. The van der Waals surface area contributed by atoms with E-state index in [0.29, 0.717) is 0 Å². The largest absolute Gasteiger partial charge is 0.600 e. The lowest BCUT2D eigenvalue weighted by atomic mass is 10.7. The first-order valence-electron chi connectivity index (χ1n) is 3.09. The van der Waals surface area contributed by atoms with Crippen molar-refractivity contribution in [2.45, 2.75) is 0 Å². The summed E-state index contributed by atoms with van der Waals surface area (Å²) >= 11 is 0. The van der Waals surface area contributed by atoms with Crippen molar-refractivity contribution in [1.82, 2.24) is 5.43 Å². The van der Waals surface area contributed by atoms with Crippen molar-refractivity contribution >= 4 is 0 Å². The van der Waals surface area contributed by atoms with Crippen LogP contribution in [0.15, 0.2) is 0 Å². The number of quaternary nitrogens is 2. The second-order valence-electron chi connectivity index (χ2n) is 1.74. The molecule has 0 saturated heterocycles. The van der Waals surface area contributed by atoms with Gasteiger partial charge in [0, 0.05) is 0 Å². The molecule has 0 aliphatic carbocycles. The number of hydrogen-bond acceptors (Lipinski definition) is 5. The first-order chi connectivity index (χ1) is 5.20. The fourth-order valence-corrected chi connectivity index (χ4v) is 0.441. The number of rotatable bonds is 6. The van der Waals surface area contributed by atoms with Gasteiger partial charge < -0.3 is 10.4 Å². The third kappa shape index (κ3) is 6.13. The van der Waals surface area contributed by atoms with Crippen LogP contribution < -0.4 is 16.0 Å². The molecular weight excluding hydrogens is 154 g/mol. The maximum Gasteiger partial charge on any atom is 0.125 e. The monoisotopic (exact) mass is 167 g/mol. The van der Waals surface area contributed by atoms with E-state index in [1.807, 2.05) is 0 Å². The molecule has 0 fully saturated rings. The van der Waals surface area contributed by atoms with Crippen LogP contribution in [0, 0.1) is 10.4 Å². The van der Waals surface area contributed by atoms with Gasteiger partial charge >= 0.3 is 0 Å². The molecule has 0 aromatic carbocycles. The normalized spacial score (nSPS) is 16.4. The molecule has 0 heterocycles. The summed E-state index contributed by atoms with van der Waals surface area (Å²) in [6, 6.07) is 0. The molecule has 2 unspecified atom stereocenters. The minimum atomic E-state index is -0.547. The smallest absolute Gasteiger partial charge is 0.125 e. The Hall–Kier alpha value is -0.280. The standard InChI is InChI=1S/C4H13N3O4/c1-10-6(8)4-3-5-7(9)11-2/h5-7H,3-4H2,1-2H3. The maximum absolute atomic E-state index is 10.5. The number of hydroxylamine groups is 2. The summed E-state index contributed by atoms with van der Waals surface area (Å²) in [7, 11) is 2.55. The van der Waals surface area contributed by atoms with Crippen LogP contribution in [-0.2, 0) is 9.68 Å². The zero-order valence-electron chi connectivity index (χ0n) is 6.55. The van der Waals surface area contributed by atoms with E-state index in [0.717, 1.165) is 0 Å². The first kappa shape index (κ1) is 10.7. The van der Waals surface area contributed by atoms with Crippen molar-refractivity contribution in [3.63, 3.8) is 0 Å². The molecular formula is C4H13N3O4. The average Bonchev–Trinajstić information content (AvgIpc) is 2.04. The molecule has 11 heavy (non-hydrogen) atoms. The molecule has 0 radical (unpaired) electrons. The van der Waals surface area contributed by atoms with Gasteiger partial charge in [0.25, 0.3) is 0 Å². The summed E-state index contributed by atoms with van der Waals surface area (Å²) in [4.78, 5) is 8.60. The first-order valence-corrected chi connectivity index (χ1v) is 3.09. The second kappa shape index (κ2) is 6.43. The molecule has 3 N–H and O–H groups in total. The molecule has 0 bridgehead atoms. The van der Waals surface area contributed by atoms with Gasteiger partial charge in [-0.1, -0.05) is 0 Å². The minimum absolute atomic E-state index is 0.158. The number of hydrogen-bond donors (Lipinski definition) is 3. The number of nitrogens with one attached hydrogen (secondary N) is 3. The molecule has 2 atom stereocenters. The highest BCUT2D eigenvalue weighted by atomic mass is 16.9. The Morgan fingerprint density at radius 1 is 1.27 bits per heavy atom. The van der Waals surface area contributed by atoms with E-state index in [9.17, 15) is 10.4 Å². The van der Waals surface area contributed by atoms with Crippen LogP contribution in [0.1, 0.15) is 0 Å². The third-order valence-corrected chi connectivity index (χ3v) is 1.01. The quantitative estimate of drug-likeness (QED) is 0.356. The molecule has 0 aliphatic heterocycles. The van der Waals surface area contributed by atoms with E-state index in [2.05, 4.69) is 15.1 Å². The van der Waals surface area contributed by atoms with Crippen molar-refractivity contribution in [3.05, 3.63) is 10.4 Å². The van der Waals surface area contributed by atoms with E-state index < -0.39 is 5.34 Å². The van der Waals surface area contributed by atoms with Gasteiger partial charge in [-0.2, -0.15) is 4.84 Å². The summed E-state index contributed by atoms with van der Waals surface area (Å²) < 4.78 is 0. The SMILES string of the molecule is CO[NH+]([O-])CCN[NH+]([O-])OC. The zero-order valence-corrected chi connectivity index (χ0v) is 6.55. The van der Waals surface area contributed by atoms with Crippen LogP contribution >= 0.6 is 0 Å². The Labute approximate surface area is 64.5 Å². The van der Waals surface area contributed by atoms with Crippen LogP contribution in [0.4, 0.5) is 0 Å². The lowest BCUT2D eigenvalue weighted by molar-refractivity contribution is -1.09. The molecule has 0 rings (SSSR count). The molecule has 0 aromatic rings. The van der Waals surface area contributed by atoms with Crippen LogP contribution in [0.2, 0.25) is 0 Å². The highest BCUT2D eigenvalue weighted by Gasteiger charge is 1.97. The van der Waals surface area contributed by atoms with Crippen molar-refractivity contribution in [2.75, 3.05) is 27.3 Å². The van der Waals surface area contributed by atoms with Crippen LogP contribution in [-0.4, -0.2) is 27.3 Å². The molecule has 68 valence electrons. The van der Waals surface area contributed by atoms with E-state index in [1.54, 1.807) is 0 Å². The maximum atomic E-state index is 10.5. The fourth-order valence-electron chi connectivity index (χ4n) is 0.441. The lowest BCUT2D eigenvalue weighted by Gasteiger charge is -2.20. The topological polar surface area (TPSA) is 85.5 Å². The molecule has 7 nitrogen and oxygen atoms in total. The summed E-state index contributed by atoms with van der Waals surface area (Å²) in [5.74, 6) is 0. The van der Waals surface area contributed by atoms with Gasteiger partial charge in [0.05, 0.1) is 14.2 Å². The highest BCUT2D eigenvalue weighted by Crippen LogP contribution is 1.45. The van der Waals surface area contributed by atoms with Crippen molar-refractivity contribution < 1.29 is 20.2 Å². The summed E-state index contributed by atoms with van der Waals surface area (Å²) in [6.45, 7) is 0.394. The Morgan fingerprint density at radius 2 is 1.91 bits per heavy atom. The summed E-state index contributed by atoms with van der Waals surface area (Å²) in [5.41, 5.74) is 2.34. The van der Waals surface area contributed by atoms with E-state index in [1.165, 1.54) is 14.2 Å². The van der Waals surface area contributed by atoms with E-state index in [4.69, 9.17) is 0 Å². The fraction of sp³-hybridized carbons (Fsp3) is 1.00. The second-order valence-corrected chi connectivity index (χ2v) is 1.74. The van der Waals surface area contributed by atoms with Gasteiger partial charge in [-0.05, 0) is 0 Å². The van der Waals surface area contributed by atoms with Gasteiger partial charge in [0.1, 0.15) is 13.1 Å². The van der Waals surface area contributed by atoms with Gasteiger partial charge in [0.15, 0.2) is 0 Å². The molecule has 0 aliphatic rings. The van der Waals surface area contributed by atoms with Crippen molar-refractivity contribution in [3.8, 4) is 0 Å². The summed E-state index contributed by atoms with van der Waals surface area (Å²) in [6.07, 6.45) is 0. The van der Waals surface area contributed by atoms with Gasteiger partial charge in [-0.3, -0.25) is 0 Å². The van der Waals surface area contributed by atoms with Crippen molar-refractivity contribution in [2.24, 2.45) is 0 Å². The van der Waals surface area contributed by atoms with Crippen LogP contribution in [0.3, 0.4) is 0 Å². The van der Waals surface area contributed by atoms with Crippen LogP contribution in [0.25, 0.3) is 0 Å². The van der Waals surface area contributed by atoms with Gasteiger partial charge in [-0.25, -0.2) is 10.1 Å². The van der Waals surface area contributed by atoms with E-state index in [-0.39, 0.29) is 18.3 Å². The minimum Gasteiger partial charge on any atom is -0.600 e. The Balaban J connectivity index is 3.13. The van der Waals surface area contributed by atoms with Gasteiger partial charge in [0.2, 0.25) is 0 Å².